The van der Waals surface area contributed by atoms with Gasteiger partial charge in [-0.15, -0.1) is 0 Å². The second-order valence-electron chi connectivity index (χ2n) is 5.48. The van der Waals surface area contributed by atoms with Gasteiger partial charge in [0.25, 0.3) is 0 Å². The number of nitrogens with one attached hydrogen (secondary N) is 1. The zero-order valence-electron chi connectivity index (χ0n) is 12.3. The van der Waals surface area contributed by atoms with Crippen molar-refractivity contribution in [3.05, 3.63) is 39.8 Å². The number of aryl methyl sites for hydroxylation is 1. The molecule has 1 aromatic rings. The van der Waals surface area contributed by atoms with E-state index in [1.165, 1.54) is 0 Å². The number of nitrogens with zero attached hydrogens (tertiary/aromatic N) is 3. The van der Waals surface area contributed by atoms with Crippen molar-refractivity contribution in [1.82, 2.24) is 0 Å². The van der Waals surface area contributed by atoms with Crippen molar-refractivity contribution in [3.8, 4) is 0 Å². The van der Waals surface area contributed by atoms with Gasteiger partial charge < -0.3 is 4.74 Å². The van der Waals surface area contributed by atoms with Crippen LogP contribution in [0, 0.1) is 6.92 Å². The fourth-order valence-electron chi connectivity index (χ4n) is 1.66. The molecule has 6 nitrogen and oxygen atoms in total. The van der Waals surface area contributed by atoms with E-state index < -0.39 is 11.7 Å². The Kier molecular flexibility index (Phi) is 5.41. The summed E-state index contributed by atoms with van der Waals surface area (Å²) in [6.45, 7) is 7.79. The first-order valence-electron chi connectivity index (χ1n) is 6.42. The van der Waals surface area contributed by atoms with Crippen LogP contribution in [-0.2, 0) is 11.2 Å². The van der Waals surface area contributed by atoms with E-state index in [1.54, 1.807) is 0 Å². The number of carbonyl (C=O) groups excluding carboxylic acids is 1. The van der Waals surface area contributed by atoms with E-state index in [1.807, 2.05) is 45.9 Å². The predicted molar refractivity (Wildman–Crippen MR) is 78.8 cm³/mol. The Morgan fingerprint density at radius 1 is 1.45 bits per heavy atom. The summed E-state index contributed by atoms with van der Waals surface area (Å²) in [7, 11) is 0. The van der Waals surface area contributed by atoms with Crippen LogP contribution in [0.3, 0.4) is 0 Å². The Labute approximate surface area is 118 Å². The molecule has 0 heterocycles. The van der Waals surface area contributed by atoms with Crippen molar-refractivity contribution in [2.45, 2.75) is 39.7 Å². The molecule has 1 amide bonds. The zero-order valence-corrected chi connectivity index (χ0v) is 12.3. The first kappa shape index (κ1) is 15.9. The number of benzene rings is 1. The molecule has 0 aliphatic heterocycles. The molecule has 0 fully saturated rings. The maximum atomic E-state index is 11.7. The SMILES string of the molecule is Cc1cc(CCN=[N+]=[N-])ccc1NC(=O)OC(C)(C)C. The van der Waals surface area contributed by atoms with Gasteiger partial charge in [0, 0.05) is 17.1 Å². The number of hydrogen-bond acceptors (Lipinski definition) is 3. The summed E-state index contributed by atoms with van der Waals surface area (Å²) in [6.07, 6.45) is 0.208. The second-order valence-corrected chi connectivity index (χ2v) is 5.48. The lowest BCUT2D eigenvalue weighted by Gasteiger charge is -2.20. The summed E-state index contributed by atoms with van der Waals surface area (Å²) in [6, 6.07) is 5.68. The number of ether oxygens (including phenoxy) is 1. The monoisotopic (exact) mass is 276 g/mol. The van der Waals surface area contributed by atoms with E-state index in [2.05, 4.69) is 15.3 Å². The average molecular weight is 276 g/mol. The van der Waals surface area contributed by atoms with Gasteiger partial charge in [0.2, 0.25) is 0 Å². The fourth-order valence-corrected chi connectivity index (χ4v) is 1.66. The molecule has 0 aliphatic carbocycles. The number of hydrogen-bond donors (Lipinski definition) is 1. The van der Waals surface area contributed by atoms with Crippen molar-refractivity contribution < 1.29 is 9.53 Å². The molecular formula is C14H20N4O2. The van der Waals surface area contributed by atoms with Gasteiger partial charge in [-0.25, -0.2) is 4.79 Å². The lowest BCUT2D eigenvalue weighted by molar-refractivity contribution is 0.0636. The van der Waals surface area contributed by atoms with Crippen LogP contribution in [0.25, 0.3) is 10.4 Å². The summed E-state index contributed by atoms with van der Waals surface area (Å²) in [5, 5.41) is 6.22. The second kappa shape index (κ2) is 6.82. The maximum absolute atomic E-state index is 11.7. The average Bonchev–Trinajstić information content (AvgIpc) is 2.30. The Morgan fingerprint density at radius 3 is 2.70 bits per heavy atom. The van der Waals surface area contributed by atoms with E-state index in [0.717, 1.165) is 11.1 Å². The standard InChI is InChI=1S/C14H20N4O2/c1-10-9-11(7-8-16-18-15)5-6-12(10)17-13(19)20-14(2,3)4/h5-6,9H,7-8H2,1-4H3,(H,17,19). The quantitative estimate of drug-likeness (QED) is 0.507. The summed E-state index contributed by atoms with van der Waals surface area (Å²) < 4.78 is 5.20. The van der Waals surface area contributed by atoms with Gasteiger partial charge >= 0.3 is 6.09 Å². The highest BCUT2D eigenvalue weighted by molar-refractivity contribution is 5.85. The highest BCUT2D eigenvalue weighted by atomic mass is 16.6. The third kappa shape index (κ3) is 5.63. The minimum absolute atomic E-state index is 0.425. The third-order valence-electron chi connectivity index (χ3n) is 2.49. The van der Waals surface area contributed by atoms with Crippen molar-refractivity contribution >= 4 is 11.8 Å². The van der Waals surface area contributed by atoms with Crippen LogP contribution >= 0.6 is 0 Å². The largest absolute Gasteiger partial charge is 0.444 e. The van der Waals surface area contributed by atoms with Gasteiger partial charge in [0.05, 0.1) is 0 Å². The molecule has 0 radical (unpaired) electrons. The highest BCUT2D eigenvalue weighted by Crippen LogP contribution is 2.18. The molecule has 0 spiro atoms. The summed E-state index contributed by atoms with van der Waals surface area (Å²) in [5.74, 6) is 0. The smallest absolute Gasteiger partial charge is 0.412 e. The molecule has 1 aromatic carbocycles. The van der Waals surface area contributed by atoms with Crippen LogP contribution in [0.15, 0.2) is 23.3 Å². The van der Waals surface area contributed by atoms with Crippen LogP contribution in [0.4, 0.5) is 10.5 Å². The predicted octanol–water partition coefficient (Wildman–Crippen LogP) is 4.19. The summed E-state index contributed by atoms with van der Waals surface area (Å²) in [4.78, 5) is 14.4. The third-order valence-corrected chi connectivity index (χ3v) is 2.49. The van der Waals surface area contributed by atoms with Crippen LogP contribution < -0.4 is 5.32 Å². The van der Waals surface area contributed by atoms with Gasteiger partial charge in [0.15, 0.2) is 0 Å². The molecule has 0 bridgehead atoms. The minimum Gasteiger partial charge on any atom is -0.444 e. The number of azide groups is 1. The van der Waals surface area contributed by atoms with E-state index in [4.69, 9.17) is 10.3 Å². The van der Waals surface area contributed by atoms with Crippen molar-refractivity contribution in [1.29, 1.82) is 0 Å². The van der Waals surface area contributed by atoms with Crippen LogP contribution in [-0.4, -0.2) is 18.2 Å². The molecule has 0 aromatic heterocycles. The van der Waals surface area contributed by atoms with Gasteiger partial charge in [0.1, 0.15) is 5.60 Å². The Hall–Kier alpha value is -2.20. The zero-order chi connectivity index (χ0) is 15.2. The lowest BCUT2D eigenvalue weighted by Crippen LogP contribution is -2.27. The van der Waals surface area contributed by atoms with E-state index in [9.17, 15) is 4.79 Å². The number of anilines is 1. The van der Waals surface area contributed by atoms with Gasteiger partial charge in [-0.3, -0.25) is 5.32 Å². The van der Waals surface area contributed by atoms with E-state index in [-0.39, 0.29) is 0 Å². The van der Waals surface area contributed by atoms with Crippen LogP contribution in [0.5, 0.6) is 0 Å². The van der Waals surface area contributed by atoms with Crippen LogP contribution in [0.2, 0.25) is 0 Å². The van der Waals surface area contributed by atoms with Gasteiger partial charge in [-0.05, 0) is 56.8 Å². The molecule has 0 aliphatic rings. The molecule has 1 N–H and O–H groups in total. The summed E-state index contributed by atoms with van der Waals surface area (Å²) in [5.41, 5.74) is 10.4. The molecule has 0 unspecified atom stereocenters. The first-order valence-corrected chi connectivity index (χ1v) is 6.42. The Balaban J connectivity index is 2.68. The van der Waals surface area contributed by atoms with Crippen molar-refractivity contribution in [3.63, 3.8) is 0 Å². The fraction of sp³-hybridized carbons (Fsp3) is 0.500. The molecule has 0 saturated heterocycles. The molecule has 0 saturated carbocycles. The molecule has 20 heavy (non-hydrogen) atoms. The Morgan fingerprint density at radius 2 is 2.15 bits per heavy atom. The normalized spacial score (nSPS) is 10.6. The molecule has 1 rings (SSSR count). The molecular weight excluding hydrogens is 256 g/mol. The molecule has 6 heteroatoms. The number of carbonyl (C=O) groups is 1. The first-order chi connectivity index (χ1) is 9.31. The van der Waals surface area contributed by atoms with Crippen LogP contribution in [0.1, 0.15) is 31.9 Å². The van der Waals surface area contributed by atoms with Crippen molar-refractivity contribution in [2.24, 2.45) is 5.11 Å². The Bertz CT molecular complexity index is 528. The van der Waals surface area contributed by atoms with E-state index >= 15 is 0 Å². The molecule has 0 atom stereocenters. The summed E-state index contributed by atoms with van der Waals surface area (Å²) >= 11 is 0. The van der Waals surface area contributed by atoms with Crippen molar-refractivity contribution in [2.75, 3.05) is 11.9 Å². The molecule has 108 valence electrons. The van der Waals surface area contributed by atoms with E-state index in [0.29, 0.717) is 18.7 Å². The minimum atomic E-state index is -0.521. The van der Waals surface area contributed by atoms with Gasteiger partial charge in [-0.2, -0.15) is 0 Å². The number of amides is 1. The lowest BCUT2D eigenvalue weighted by atomic mass is 10.1. The van der Waals surface area contributed by atoms with Gasteiger partial charge in [-0.1, -0.05) is 17.2 Å². The number of rotatable bonds is 4. The maximum Gasteiger partial charge on any atom is 0.412 e. The highest BCUT2D eigenvalue weighted by Gasteiger charge is 2.16. The topological polar surface area (TPSA) is 87.1 Å².